The number of rotatable bonds is 5. The largest absolute Gasteiger partial charge is 0.342 e. The molecule has 1 heterocycles. The number of carbonyl (C=O) groups is 1. The number of amides is 1. The van der Waals surface area contributed by atoms with Gasteiger partial charge < -0.3 is 10.6 Å². The van der Waals surface area contributed by atoms with Crippen LogP contribution in [0.15, 0.2) is 0 Å². The average molecular weight is 241 g/mol. The van der Waals surface area contributed by atoms with Crippen LogP contribution in [-0.2, 0) is 4.79 Å². The fourth-order valence-electron chi connectivity index (χ4n) is 2.27. The molecule has 0 radical (unpaired) electrons. The van der Waals surface area contributed by atoms with Crippen LogP contribution in [0.1, 0.15) is 39.5 Å². The highest BCUT2D eigenvalue weighted by Crippen LogP contribution is 2.10. The molecule has 1 aliphatic heterocycles. The van der Waals surface area contributed by atoms with Crippen molar-refractivity contribution in [1.29, 1.82) is 0 Å². The van der Waals surface area contributed by atoms with Gasteiger partial charge in [-0.2, -0.15) is 0 Å². The van der Waals surface area contributed by atoms with Crippen molar-refractivity contribution in [3.63, 3.8) is 0 Å². The Kier molecular flexibility index (Phi) is 5.92. The Labute approximate surface area is 105 Å². The molecule has 0 aliphatic carbocycles. The van der Waals surface area contributed by atoms with E-state index >= 15 is 0 Å². The van der Waals surface area contributed by atoms with E-state index in [1.54, 1.807) is 0 Å². The third kappa shape index (κ3) is 4.64. The maximum absolute atomic E-state index is 12.1. The number of likely N-dealkylation sites (N-methyl/N-ethyl adjacent to an activating group) is 1. The second-order valence-electron chi connectivity index (χ2n) is 5.26. The van der Waals surface area contributed by atoms with Crippen LogP contribution in [-0.4, -0.2) is 54.5 Å². The lowest BCUT2D eigenvalue weighted by molar-refractivity contribution is -0.133. The van der Waals surface area contributed by atoms with Gasteiger partial charge in [0, 0.05) is 32.2 Å². The number of hydrogen-bond donors (Lipinski definition) is 1. The molecule has 2 N–H and O–H groups in total. The minimum absolute atomic E-state index is 0.237. The van der Waals surface area contributed by atoms with Gasteiger partial charge in [-0.1, -0.05) is 13.3 Å². The van der Waals surface area contributed by atoms with Gasteiger partial charge in [-0.05, 0) is 26.2 Å². The number of carbonyl (C=O) groups excluding carboxylic acids is 1. The second kappa shape index (κ2) is 6.97. The maximum Gasteiger partial charge on any atom is 0.236 e. The Hall–Kier alpha value is -0.610. The highest BCUT2D eigenvalue weighted by molar-refractivity contribution is 5.78. The van der Waals surface area contributed by atoms with Crippen molar-refractivity contribution >= 4 is 5.91 Å². The fraction of sp³-hybridized carbons (Fsp3) is 0.923. The van der Waals surface area contributed by atoms with Crippen molar-refractivity contribution in [2.24, 2.45) is 5.73 Å². The molecule has 0 aromatic carbocycles. The summed E-state index contributed by atoms with van der Waals surface area (Å²) in [5, 5.41) is 0. The highest BCUT2D eigenvalue weighted by Gasteiger charge is 2.21. The molecular formula is C13H27N3O. The van der Waals surface area contributed by atoms with Crippen LogP contribution in [0.25, 0.3) is 0 Å². The molecule has 4 heteroatoms. The van der Waals surface area contributed by atoms with Crippen LogP contribution in [0.5, 0.6) is 0 Å². The molecule has 0 aromatic heterocycles. The first kappa shape index (κ1) is 14.5. The number of nitrogens with two attached hydrogens (primary N) is 1. The zero-order chi connectivity index (χ0) is 12.8. The van der Waals surface area contributed by atoms with Crippen molar-refractivity contribution in [3.8, 4) is 0 Å². The lowest BCUT2D eigenvalue weighted by atomic mass is 10.1. The van der Waals surface area contributed by atoms with E-state index in [1.165, 1.54) is 0 Å². The molecule has 1 atom stereocenters. The minimum Gasteiger partial charge on any atom is -0.342 e. The van der Waals surface area contributed by atoms with E-state index in [1.807, 2.05) is 11.9 Å². The van der Waals surface area contributed by atoms with Crippen molar-refractivity contribution in [2.45, 2.75) is 51.6 Å². The highest BCUT2D eigenvalue weighted by atomic mass is 16.2. The topological polar surface area (TPSA) is 49.6 Å². The molecule has 0 spiro atoms. The molecule has 1 rings (SSSR count). The molecular weight excluding hydrogens is 214 g/mol. The zero-order valence-corrected chi connectivity index (χ0v) is 11.5. The molecule has 1 unspecified atom stereocenters. The van der Waals surface area contributed by atoms with E-state index < -0.39 is 0 Å². The first-order valence-corrected chi connectivity index (χ1v) is 6.78. The average Bonchev–Trinajstić information content (AvgIpc) is 2.31. The monoisotopic (exact) mass is 241 g/mol. The summed E-state index contributed by atoms with van der Waals surface area (Å²) in [4.78, 5) is 16.2. The molecule has 1 saturated heterocycles. The van der Waals surface area contributed by atoms with Gasteiger partial charge in [-0.15, -0.1) is 0 Å². The summed E-state index contributed by atoms with van der Waals surface area (Å²) < 4.78 is 0. The number of piperidine rings is 1. The minimum atomic E-state index is 0.237. The summed E-state index contributed by atoms with van der Waals surface area (Å²) in [6.07, 6.45) is 4.23. The fourth-order valence-corrected chi connectivity index (χ4v) is 2.27. The Morgan fingerprint density at radius 1 is 1.47 bits per heavy atom. The quantitative estimate of drug-likeness (QED) is 0.783. The summed E-state index contributed by atoms with van der Waals surface area (Å²) in [7, 11) is 1.92. The van der Waals surface area contributed by atoms with E-state index in [2.05, 4.69) is 18.7 Å². The van der Waals surface area contributed by atoms with Gasteiger partial charge in [0.1, 0.15) is 0 Å². The van der Waals surface area contributed by atoms with Gasteiger partial charge in [0.15, 0.2) is 0 Å². The summed E-state index contributed by atoms with van der Waals surface area (Å²) in [5.74, 6) is 0.237. The van der Waals surface area contributed by atoms with Crippen LogP contribution >= 0.6 is 0 Å². The third-order valence-corrected chi connectivity index (χ3v) is 3.75. The third-order valence-electron chi connectivity index (χ3n) is 3.75. The van der Waals surface area contributed by atoms with Crippen LogP contribution in [0.3, 0.4) is 0 Å². The maximum atomic E-state index is 12.1. The second-order valence-corrected chi connectivity index (χ2v) is 5.26. The normalized spacial score (nSPS) is 20.2. The van der Waals surface area contributed by atoms with E-state index in [0.29, 0.717) is 18.6 Å². The molecule has 1 fully saturated rings. The van der Waals surface area contributed by atoms with Gasteiger partial charge >= 0.3 is 0 Å². The van der Waals surface area contributed by atoms with Gasteiger partial charge in [-0.3, -0.25) is 9.69 Å². The molecule has 1 amide bonds. The van der Waals surface area contributed by atoms with Crippen molar-refractivity contribution in [3.05, 3.63) is 0 Å². The Morgan fingerprint density at radius 2 is 2.06 bits per heavy atom. The summed E-state index contributed by atoms with van der Waals surface area (Å²) >= 11 is 0. The van der Waals surface area contributed by atoms with Crippen LogP contribution in [0, 0.1) is 0 Å². The van der Waals surface area contributed by atoms with Crippen molar-refractivity contribution < 1.29 is 4.79 Å². The molecule has 17 heavy (non-hydrogen) atoms. The Bertz CT molecular complexity index is 237. The Morgan fingerprint density at radius 3 is 2.59 bits per heavy atom. The SMILES string of the molecule is CCCC(C)N(C)C(=O)CN1CCC(N)CC1. The van der Waals surface area contributed by atoms with E-state index in [4.69, 9.17) is 5.73 Å². The van der Waals surface area contributed by atoms with Gasteiger partial charge in [0.25, 0.3) is 0 Å². The van der Waals surface area contributed by atoms with Crippen LogP contribution in [0.2, 0.25) is 0 Å². The van der Waals surface area contributed by atoms with Crippen molar-refractivity contribution in [2.75, 3.05) is 26.7 Å². The first-order chi connectivity index (χ1) is 8.04. The predicted octanol–water partition coefficient (Wildman–Crippen LogP) is 1.06. The number of nitrogens with zero attached hydrogens (tertiary/aromatic N) is 2. The standard InChI is InChI=1S/C13H27N3O/c1-4-5-11(2)15(3)13(17)10-16-8-6-12(14)7-9-16/h11-12H,4-10,14H2,1-3H3. The molecule has 100 valence electrons. The summed E-state index contributed by atoms with van der Waals surface area (Å²) in [6.45, 7) is 6.75. The van der Waals surface area contributed by atoms with Crippen LogP contribution < -0.4 is 5.73 Å². The lowest BCUT2D eigenvalue weighted by Gasteiger charge is -2.32. The predicted molar refractivity (Wildman–Crippen MR) is 70.8 cm³/mol. The number of hydrogen-bond acceptors (Lipinski definition) is 3. The van der Waals surface area contributed by atoms with Crippen LogP contribution in [0.4, 0.5) is 0 Å². The molecule has 0 saturated carbocycles. The molecule has 0 bridgehead atoms. The molecule has 0 aromatic rings. The zero-order valence-electron chi connectivity index (χ0n) is 11.5. The molecule has 1 aliphatic rings. The van der Waals surface area contributed by atoms with E-state index in [9.17, 15) is 4.79 Å². The van der Waals surface area contributed by atoms with Crippen molar-refractivity contribution in [1.82, 2.24) is 9.80 Å². The summed E-state index contributed by atoms with van der Waals surface area (Å²) in [6, 6.07) is 0.678. The smallest absolute Gasteiger partial charge is 0.236 e. The van der Waals surface area contributed by atoms with Gasteiger partial charge in [0.2, 0.25) is 5.91 Å². The molecule has 4 nitrogen and oxygen atoms in total. The van der Waals surface area contributed by atoms with E-state index in [0.717, 1.165) is 38.8 Å². The van der Waals surface area contributed by atoms with Gasteiger partial charge in [-0.25, -0.2) is 0 Å². The summed E-state index contributed by atoms with van der Waals surface area (Å²) in [5.41, 5.74) is 5.85. The lowest BCUT2D eigenvalue weighted by Crippen LogP contribution is -2.46. The number of likely N-dealkylation sites (tertiary alicyclic amines) is 1. The first-order valence-electron chi connectivity index (χ1n) is 6.78. The van der Waals surface area contributed by atoms with Gasteiger partial charge in [0.05, 0.1) is 6.54 Å². The Balaban J connectivity index is 2.33. The van der Waals surface area contributed by atoms with E-state index in [-0.39, 0.29) is 5.91 Å².